The Labute approximate surface area is 203 Å². The first kappa shape index (κ1) is 24.7. The molecule has 8 nitrogen and oxygen atoms in total. The summed E-state index contributed by atoms with van der Waals surface area (Å²) in [6.07, 6.45) is 7.24. The molecule has 4 fully saturated rings. The summed E-state index contributed by atoms with van der Waals surface area (Å²) >= 11 is 3.66. The quantitative estimate of drug-likeness (QED) is 0.280. The second-order valence-corrected chi connectivity index (χ2v) is 10.8. The number of ether oxygens (including phenoxy) is 2. The van der Waals surface area contributed by atoms with Crippen LogP contribution in [0, 0.1) is 11.8 Å². The first-order chi connectivity index (χ1) is 15.9. The second-order valence-electron chi connectivity index (χ2n) is 9.60. The van der Waals surface area contributed by atoms with Crippen molar-refractivity contribution in [2.24, 2.45) is 11.8 Å². The number of carbonyl (C=O) groups excluding carboxylic acids is 3. The molecule has 3 aliphatic heterocycles. The maximum atomic E-state index is 14.2. The highest BCUT2D eigenvalue weighted by Crippen LogP contribution is 2.60. The molecule has 2 amide bonds. The van der Waals surface area contributed by atoms with Crippen molar-refractivity contribution in [3.63, 3.8) is 0 Å². The second kappa shape index (κ2) is 10.0. The molecule has 33 heavy (non-hydrogen) atoms. The molecule has 0 aromatic carbocycles. The lowest BCUT2D eigenvalue weighted by Crippen LogP contribution is -2.58. The zero-order chi connectivity index (χ0) is 23.8. The van der Waals surface area contributed by atoms with Gasteiger partial charge in [-0.15, -0.1) is 6.58 Å². The minimum atomic E-state index is -1.08. The predicted molar refractivity (Wildman–Crippen MR) is 125 cm³/mol. The molecule has 1 N–H and O–H groups in total. The van der Waals surface area contributed by atoms with Crippen molar-refractivity contribution in [2.75, 3.05) is 26.3 Å². The number of rotatable bonds is 9. The van der Waals surface area contributed by atoms with Crippen LogP contribution in [0.25, 0.3) is 0 Å². The summed E-state index contributed by atoms with van der Waals surface area (Å²) in [6, 6.07) is -0.721. The standard InChI is InChI=1S/C24H35BrN2O6/c1-3-11-26(15-9-6-5-7-10-15)22(30)20-24-14-16(25)19(33-24)17(23(31)32-4-2)18(24)21(29)27(20)12-8-13-28/h3,15-20,28H,1,4-14H2,2H3/t16?,17-,18+,19-,20-,24+/m1/s1. The molecule has 6 atom stereocenters. The van der Waals surface area contributed by atoms with Gasteiger partial charge in [0, 0.05) is 30.6 Å². The number of likely N-dealkylation sites (tertiary alicyclic amines) is 1. The Bertz CT molecular complexity index is 787. The number of halogens is 1. The SMILES string of the molecule is C=CCN(C(=O)[C@H]1N(CCCO)C(=O)[C@@H]2[C@@H](C(=O)OCC)[C@@H]3O[C@@]21CC3Br)C1CCCCC1. The van der Waals surface area contributed by atoms with Crippen molar-refractivity contribution in [1.82, 2.24) is 9.80 Å². The monoisotopic (exact) mass is 526 g/mol. The number of carbonyl (C=O) groups is 3. The zero-order valence-corrected chi connectivity index (χ0v) is 20.9. The van der Waals surface area contributed by atoms with E-state index in [0.717, 1.165) is 25.7 Å². The Morgan fingerprint density at radius 1 is 1.36 bits per heavy atom. The van der Waals surface area contributed by atoms with E-state index in [2.05, 4.69) is 22.5 Å². The number of alkyl halides is 1. The molecule has 184 valence electrons. The molecule has 9 heteroatoms. The molecule has 0 aromatic rings. The summed E-state index contributed by atoms with van der Waals surface area (Å²) in [5.41, 5.74) is -1.08. The Hall–Kier alpha value is -1.45. The van der Waals surface area contributed by atoms with Crippen molar-refractivity contribution in [1.29, 1.82) is 0 Å². The average Bonchev–Trinajstić information content (AvgIpc) is 3.40. The summed E-state index contributed by atoms with van der Waals surface area (Å²) in [6.45, 7) is 6.38. The molecule has 4 rings (SSSR count). The van der Waals surface area contributed by atoms with E-state index in [-0.39, 0.29) is 42.4 Å². The van der Waals surface area contributed by atoms with Crippen molar-refractivity contribution in [3.05, 3.63) is 12.7 Å². The number of hydrogen-bond acceptors (Lipinski definition) is 6. The predicted octanol–water partition coefficient (Wildman–Crippen LogP) is 2.03. The molecule has 0 aromatic heterocycles. The Morgan fingerprint density at radius 2 is 2.09 bits per heavy atom. The third kappa shape index (κ3) is 4.04. The van der Waals surface area contributed by atoms with E-state index < -0.39 is 35.6 Å². The fourth-order valence-electron chi connectivity index (χ4n) is 6.51. The number of fused-ring (bicyclic) bond motifs is 1. The number of aliphatic hydroxyl groups excluding tert-OH is 1. The highest BCUT2D eigenvalue weighted by molar-refractivity contribution is 9.09. The van der Waals surface area contributed by atoms with Crippen molar-refractivity contribution < 1.29 is 29.0 Å². The first-order valence-electron chi connectivity index (χ1n) is 12.2. The van der Waals surface area contributed by atoms with E-state index in [1.54, 1.807) is 17.9 Å². The first-order valence-corrected chi connectivity index (χ1v) is 13.1. The molecular weight excluding hydrogens is 492 g/mol. The topological polar surface area (TPSA) is 96.4 Å². The largest absolute Gasteiger partial charge is 0.466 e. The number of amides is 2. The Balaban J connectivity index is 1.73. The Morgan fingerprint density at radius 3 is 2.73 bits per heavy atom. The van der Waals surface area contributed by atoms with E-state index >= 15 is 0 Å². The molecule has 1 unspecified atom stereocenters. The van der Waals surface area contributed by atoms with Gasteiger partial charge in [-0.1, -0.05) is 41.3 Å². The average molecular weight is 527 g/mol. The van der Waals surface area contributed by atoms with Crippen molar-refractivity contribution in [2.45, 2.75) is 80.5 Å². The van der Waals surface area contributed by atoms with Crippen LogP contribution in [0.3, 0.4) is 0 Å². The summed E-state index contributed by atoms with van der Waals surface area (Å²) in [5, 5.41) is 9.46. The van der Waals surface area contributed by atoms with E-state index in [9.17, 15) is 19.5 Å². The molecule has 1 spiro atoms. The van der Waals surface area contributed by atoms with Gasteiger partial charge in [-0.05, 0) is 32.6 Å². The third-order valence-electron chi connectivity index (χ3n) is 7.76. The highest BCUT2D eigenvalue weighted by Gasteiger charge is 2.77. The molecule has 2 bridgehead atoms. The lowest BCUT2D eigenvalue weighted by Gasteiger charge is -2.41. The van der Waals surface area contributed by atoms with E-state index in [1.165, 1.54) is 6.42 Å². The number of esters is 1. The van der Waals surface area contributed by atoms with Gasteiger partial charge in [0.2, 0.25) is 11.8 Å². The van der Waals surface area contributed by atoms with Gasteiger partial charge in [-0.3, -0.25) is 14.4 Å². The summed E-state index contributed by atoms with van der Waals surface area (Å²) in [5.74, 6) is -2.32. The molecule has 1 aliphatic carbocycles. The van der Waals surface area contributed by atoms with Gasteiger partial charge in [0.25, 0.3) is 0 Å². The van der Waals surface area contributed by atoms with Crippen LogP contribution in [0.2, 0.25) is 0 Å². The van der Waals surface area contributed by atoms with E-state index in [0.29, 0.717) is 19.4 Å². The van der Waals surface area contributed by atoms with Crippen LogP contribution in [0.5, 0.6) is 0 Å². The number of aliphatic hydroxyl groups is 1. The minimum absolute atomic E-state index is 0.0901. The molecular formula is C24H35BrN2O6. The third-order valence-corrected chi connectivity index (χ3v) is 8.61. The maximum Gasteiger partial charge on any atom is 0.312 e. The van der Waals surface area contributed by atoms with Crippen LogP contribution in [0.1, 0.15) is 51.9 Å². The minimum Gasteiger partial charge on any atom is -0.466 e. The number of nitrogens with zero attached hydrogens (tertiary/aromatic N) is 2. The lowest BCUT2D eigenvalue weighted by atomic mass is 9.70. The normalized spacial score (nSPS) is 35.5. The van der Waals surface area contributed by atoms with E-state index in [4.69, 9.17) is 9.47 Å². The number of hydrogen-bond donors (Lipinski definition) is 1. The van der Waals surface area contributed by atoms with Gasteiger partial charge in [-0.25, -0.2) is 0 Å². The smallest absolute Gasteiger partial charge is 0.312 e. The molecule has 3 saturated heterocycles. The Kier molecular flexibility index (Phi) is 7.50. The van der Waals surface area contributed by atoms with Crippen LogP contribution in [0.15, 0.2) is 12.7 Å². The molecule has 1 saturated carbocycles. The van der Waals surface area contributed by atoms with Crippen LogP contribution in [-0.2, 0) is 23.9 Å². The zero-order valence-electron chi connectivity index (χ0n) is 19.3. The summed E-state index contributed by atoms with van der Waals surface area (Å²) in [4.78, 5) is 44.1. The molecule has 4 aliphatic rings. The molecule has 0 radical (unpaired) electrons. The summed E-state index contributed by atoms with van der Waals surface area (Å²) in [7, 11) is 0. The maximum absolute atomic E-state index is 14.2. The van der Waals surface area contributed by atoms with Gasteiger partial charge < -0.3 is 24.4 Å². The van der Waals surface area contributed by atoms with Gasteiger partial charge in [0.1, 0.15) is 11.6 Å². The van der Waals surface area contributed by atoms with Crippen LogP contribution in [0.4, 0.5) is 0 Å². The van der Waals surface area contributed by atoms with Crippen LogP contribution < -0.4 is 0 Å². The van der Waals surface area contributed by atoms with Crippen LogP contribution >= 0.6 is 15.9 Å². The fraction of sp³-hybridized carbons (Fsp3) is 0.792. The van der Waals surface area contributed by atoms with Gasteiger partial charge >= 0.3 is 5.97 Å². The van der Waals surface area contributed by atoms with Crippen molar-refractivity contribution in [3.8, 4) is 0 Å². The fourth-order valence-corrected chi connectivity index (χ4v) is 7.45. The van der Waals surface area contributed by atoms with Crippen molar-refractivity contribution >= 4 is 33.7 Å². The van der Waals surface area contributed by atoms with Gasteiger partial charge in [0.05, 0.1) is 24.5 Å². The summed E-state index contributed by atoms with van der Waals surface area (Å²) < 4.78 is 11.8. The van der Waals surface area contributed by atoms with Gasteiger partial charge in [0.15, 0.2) is 0 Å². The lowest BCUT2D eigenvalue weighted by molar-refractivity contribution is -0.155. The van der Waals surface area contributed by atoms with Gasteiger partial charge in [-0.2, -0.15) is 0 Å². The van der Waals surface area contributed by atoms with E-state index in [1.807, 2.05) is 4.90 Å². The van der Waals surface area contributed by atoms with Crippen LogP contribution in [-0.4, -0.2) is 87.6 Å². The highest BCUT2D eigenvalue weighted by atomic mass is 79.9. The molecule has 3 heterocycles.